The van der Waals surface area contributed by atoms with Crippen molar-refractivity contribution >= 4 is 5.91 Å². The van der Waals surface area contributed by atoms with Crippen LogP contribution in [0.2, 0.25) is 0 Å². The molecule has 2 atom stereocenters. The second-order valence-corrected chi connectivity index (χ2v) is 6.83. The molecule has 2 saturated heterocycles. The largest absolute Gasteiger partial charge is 0.372 e. The normalized spacial score (nSPS) is 24.0. The first kappa shape index (κ1) is 16.7. The number of hydrogen-bond donors (Lipinski definition) is 1. The highest BCUT2D eigenvalue weighted by molar-refractivity contribution is 5.92. The number of aromatic amines is 1. The average molecular weight is 330 g/mol. The van der Waals surface area contributed by atoms with Gasteiger partial charge in [-0.15, -0.1) is 0 Å². The van der Waals surface area contributed by atoms with Gasteiger partial charge in [-0.3, -0.25) is 9.59 Å². The van der Waals surface area contributed by atoms with E-state index in [2.05, 4.69) is 28.6 Å². The number of likely N-dealkylation sites (tertiary alicyclic amines) is 2. The minimum Gasteiger partial charge on any atom is -0.372 e. The predicted octanol–water partition coefficient (Wildman–Crippen LogP) is 2.01. The highest BCUT2D eigenvalue weighted by Gasteiger charge is 2.38. The summed E-state index contributed by atoms with van der Waals surface area (Å²) in [6.07, 6.45) is 5.46. The van der Waals surface area contributed by atoms with Gasteiger partial charge < -0.3 is 9.80 Å². The second kappa shape index (κ2) is 7.20. The van der Waals surface area contributed by atoms with Crippen molar-refractivity contribution in [1.82, 2.24) is 20.0 Å². The molecular formula is C18H26N4O2. The number of allylic oxidation sites excluding steroid dienone is 1. The molecule has 3 rings (SSSR count). The molecule has 1 N–H and O–H groups in total. The minimum atomic E-state index is -0.289. The maximum Gasteiger partial charge on any atom is 0.274 e. The maximum atomic E-state index is 12.6. The van der Waals surface area contributed by atoms with Crippen molar-refractivity contribution in [3.63, 3.8) is 0 Å². The average Bonchev–Trinajstić information content (AvgIpc) is 2.60. The molecule has 2 aliphatic heterocycles. The molecular weight excluding hydrogens is 304 g/mol. The molecule has 0 unspecified atom stereocenters. The van der Waals surface area contributed by atoms with E-state index in [1.165, 1.54) is 30.7 Å². The molecule has 6 nitrogen and oxygen atoms in total. The van der Waals surface area contributed by atoms with Crippen LogP contribution in [0.15, 0.2) is 29.2 Å². The Bertz CT molecular complexity index is 649. The molecule has 0 radical (unpaired) electrons. The number of unbranched alkanes of at least 4 members (excludes halogenated alkanes) is 1. The number of nitrogens with one attached hydrogen (secondary N) is 1. The van der Waals surface area contributed by atoms with Crippen LogP contribution in [0.3, 0.4) is 0 Å². The molecule has 3 heterocycles. The van der Waals surface area contributed by atoms with E-state index in [4.69, 9.17) is 0 Å². The van der Waals surface area contributed by atoms with Gasteiger partial charge in [0, 0.05) is 37.4 Å². The third-order valence-electron chi connectivity index (χ3n) is 5.24. The minimum absolute atomic E-state index is 0.0887. The number of fused-ring (bicyclic) bond motifs is 1. The summed E-state index contributed by atoms with van der Waals surface area (Å²) in [5.41, 5.74) is 1.28. The van der Waals surface area contributed by atoms with Crippen LogP contribution in [0, 0.1) is 5.92 Å². The van der Waals surface area contributed by atoms with Crippen molar-refractivity contribution in [3.8, 4) is 0 Å². The molecule has 0 aromatic carbocycles. The highest BCUT2D eigenvalue weighted by atomic mass is 16.2. The summed E-state index contributed by atoms with van der Waals surface area (Å²) in [5, 5.41) is 6.21. The second-order valence-electron chi connectivity index (χ2n) is 6.83. The molecule has 2 aliphatic rings. The topological polar surface area (TPSA) is 69.3 Å². The smallest absolute Gasteiger partial charge is 0.274 e. The predicted molar refractivity (Wildman–Crippen MR) is 92.6 cm³/mol. The van der Waals surface area contributed by atoms with Crippen LogP contribution >= 0.6 is 0 Å². The molecule has 1 amide bonds. The molecule has 0 saturated carbocycles. The van der Waals surface area contributed by atoms with E-state index in [1.807, 2.05) is 4.90 Å². The van der Waals surface area contributed by atoms with E-state index in [-0.39, 0.29) is 11.5 Å². The SMILES string of the molecule is C=C1CC[C@@H]2CN(C(=O)c3ccc(=O)[nH]n3)CC[C@@H]2N1CCCC. The number of aromatic nitrogens is 2. The summed E-state index contributed by atoms with van der Waals surface area (Å²) in [5.74, 6) is 0.405. The molecule has 0 aliphatic carbocycles. The number of rotatable bonds is 4. The van der Waals surface area contributed by atoms with Gasteiger partial charge in [-0.2, -0.15) is 5.10 Å². The fraction of sp³-hybridized carbons (Fsp3) is 0.611. The van der Waals surface area contributed by atoms with Gasteiger partial charge in [0.15, 0.2) is 0 Å². The van der Waals surface area contributed by atoms with Crippen LogP contribution in [0.25, 0.3) is 0 Å². The summed E-state index contributed by atoms with van der Waals surface area (Å²) in [4.78, 5) is 28.1. The molecule has 2 fully saturated rings. The lowest BCUT2D eigenvalue weighted by Crippen LogP contribution is -2.54. The van der Waals surface area contributed by atoms with Crippen molar-refractivity contribution in [1.29, 1.82) is 0 Å². The first-order chi connectivity index (χ1) is 11.6. The Kier molecular flexibility index (Phi) is 5.02. The zero-order chi connectivity index (χ0) is 17.1. The number of nitrogens with zero attached hydrogens (tertiary/aromatic N) is 3. The van der Waals surface area contributed by atoms with Crippen LogP contribution < -0.4 is 5.56 Å². The Hall–Kier alpha value is -2.11. The highest BCUT2D eigenvalue weighted by Crippen LogP contribution is 2.35. The summed E-state index contributed by atoms with van der Waals surface area (Å²) >= 11 is 0. The van der Waals surface area contributed by atoms with Crippen LogP contribution in [-0.4, -0.2) is 51.6 Å². The van der Waals surface area contributed by atoms with Crippen molar-refractivity contribution in [2.45, 2.75) is 45.1 Å². The van der Waals surface area contributed by atoms with E-state index in [0.29, 0.717) is 17.7 Å². The van der Waals surface area contributed by atoms with Gasteiger partial charge in [0.2, 0.25) is 0 Å². The summed E-state index contributed by atoms with van der Waals surface area (Å²) in [6, 6.07) is 3.36. The Morgan fingerprint density at radius 2 is 2.25 bits per heavy atom. The van der Waals surface area contributed by atoms with Gasteiger partial charge in [-0.1, -0.05) is 19.9 Å². The standard InChI is InChI=1S/C18H26N4O2/c1-3-4-10-22-13(2)5-6-14-12-21(11-9-16(14)22)18(24)15-7-8-17(23)20-19-15/h7-8,14,16H,2-6,9-12H2,1H3,(H,20,23)/t14-,16+/m1/s1. The summed E-state index contributed by atoms with van der Waals surface area (Å²) in [7, 11) is 0. The molecule has 130 valence electrons. The Morgan fingerprint density at radius 1 is 1.42 bits per heavy atom. The van der Waals surface area contributed by atoms with Gasteiger partial charge in [0.05, 0.1) is 0 Å². The van der Waals surface area contributed by atoms with Gasteiger partial charge in [-0.25, -0.2) is 5.10 Å². The first-order valence-corrected chi connectivity index (χ1v) is 8.89. The number of amides is 1. The van der Waals surface area contributed by atoms with Crippen molar-refractivity contribution in [2.24, 2.45) is 5.92 Å². The zero-order valence-corrected chi connectivity index (χ0v) is 14.3. The lowest BCUT2D eigenvalue weighted by atomic mass is 9.82. The summed E-state index contributed by atoms with van der Waals surface area (Å²) in [6.45, 7) is 9.03. The number of H-pyrrole nitrogens is 1. The van der Waals surface area contributed by atoms with Gasteiger partial charge in [-0.05, 0) is 37.7 Å². The first-order valence-electron chi connectivity index (χ1n) is 8.89. The molecule has 1 aromatic rings. The molecule has 1 aromatic heterocycles. The third kappa shape index (κ3) is 3.37. The number of piperidine rings is 2. The Morgan fingerprint density at radius 3 is 2.96 bits per heavy atom. The lowest BCUT2D eigenvalue weighted by Gasteiger charge is -2.49. The molecule has 24 heavy (non-hydrogen) atoms. The number of carbonyl (C=O) groups is 1. The molecule has 0 spiro atoms. The fourth-order valence-electron chi connectivity index (χ4n) is 3.91. The van der Waals surface area contributed by atoms with Crippen LogP contribution in [0.4, 0.5) is 0 Å². The lowest BCUT2D eigenvalue weighted by molar-refractivity contribution is 0.0366. The Balaban J connectivity index is 1.68. The van der Waals surface area contributed by atoms with Crippen LogP contribution in [0.1, 0.15) is 49.5 Å². The van der Waals surface area contributed by atoms with Crippen LogP contribution in [0.5, 0.6) is 0 Å². The number of carbonyl (C=O) groups excluding carboxylic acids is 1. The van der Waals surface area contributed by atoms with Crippen molar-refractivity contribution < 1.29 is 4.79 Å². The van der Waals surface area contributed by atoms with Crippen molar-refractivity contribution in [2.75, 3.05) is 19.6 Å². The fourth-order valence-corrected chi connectivity index (χ4v) is 3.91. The molecule has 6 heteroatoms. The quantitative estimate of drug-likeness (QED) is 0.917. The van der Waals surface area contributed by atoms with E-state index in [0.717, 1.165) is 38.9 Å². The van der Waals surface area contributed by atoms with E-state index >= 15 is 0 Å². The summed E-state index contributed by atoms with van der Waals surface area (Å²) < 4.78 is 0. The van der Waals surface area contributed by atoms with E-state index < -0.39 is 0 Å². The zero-order valence-electron chi connectivity index (χ0n) is 14.3. The third-order valence-corrected chi connectivity index (χ3v) is 5.24. The number of hydrogen-bond acceptors (Lipinski definition) is 4. The van der Waals surface area contributed by atoms with E-state index in [9.17, 15) is 9.59 Å². The van der Waals surface area contributed by atoms with E-state index in [1.54, 1.807) is 0 Å². The van der Waals surface area contributed by atoms with Gasteiger partial charge in [0.25, 0.3) is 11.5 Å². The Labute approximate surface area is 142 Å². The molecule has 0 bridgehead atoms. The monoisotopic (exact) mass is 330 g/mol. The van der Waals surface area contributed by atoms with Crippen molar-refractivity contribution in [3.05, 3.63) is 40.5 Å². The van der Waals surface area contributed by atoms with Crippen LogP contribution in [-0.2, 0) is 0 Å². The van der Waals surface area contributed by atoms with Gasteiger partial charge >= 0.3 is 0 Å². The maximum absolute atomic E-state index is 12.6. The van der Waals surface area contributed by atoms with Gasteiger partial charge in [0.1, 0.15) is 5.69 Å².